The summed E-state index contributed by atoms with van der Waals surface area (Å²) in [5.74, 6) is -4.78. The molecular formula is C26H32F3N5O3. The van der Waals surface area contributed by atoms with E-state index < -0.39 is 48.2 Å². The fourth-order valence-corrected chi connectivity index (χ4v) is 5.37. The number of carbonyl (C=O) groups is 2. The Morgan fingerprint density at radius 1 is 1.14 bits per heavy atom. The zero-order valence-corrected chi connectivity index (χ0v) is 20.6. The lowest BCUT2D eigenvalue weighted by molar-refractivity contribution is -0.218. The molecule has 1 atom stereocenters. The van der Waals surface area contributed by atoms with Gasteiger partial charge < -0.3 is 20.4 Å². The van der Waals surface area contributed by atoms with Crippen molar-refractivity contribution in [2.75, 3.05) is 26.2 Å². The molecule has 2 heterocycles. The number of nitrogens with one attached hydrogen (secondary N) is 2. The summed E-state index contributed by atoms with van der Waals surface area (Å²) in [4.78, 5) is 33.3. The Hall–Kier alpha value is -2.84. The Morgan fingerprint density at radius 2 is 1.78 bits per heavy atom. The van der Waals surface area contributed by atoms with Crippen LogP contribution in [0, 0.1) is 22.6 Å². The average molecular weight is 520 g/mol. The maximum absolute atomic E-state index is 14.9. The van der Waals surface area contributed by atoms with Crippen LogP contribution in [0.15, 0.2) is 24.3 Å². The molecule has 1 aromatic rings. The Labute approximate surface area is 214 Å². The van der Waals surface area contributed by atoms with Crippen molar-refractivity contribution in [2.45, 2.75) is 74.9 Å². The molecule has 2 amide bonds. The Balaban J connectivity index is 1.16. The first kappa shape index (κ1) is 25.8. The van der Waals surface area contributed by atoms with Crippen molar-refractivity contribution in [3.05, 3.63) is 35.6 Å². The molecule has 0 unspecified atom stereocenters. The van der Waals surface area contributed by atoms with Crippen molar-refractivity contribution in [1.29, 1.82) is 5.26 Å². The lowest BCUT2D eigenvalue weighted by Gasteiger charge is -2.52. The van der Waals surface area contributed by atoms with Crippen molar-refractivity contribution in [2.24, 2.45) is 5.41 Å². The predicted octanol–water partition coefficient (Wildman–Crippen LogP) is 3.14. The zero-order valence-electron chi connectivity index (χ0n) is 20.6. The van der Waals surface area contributed by atoms with Crippen molar-refractivity contribution in [3.63, 3.8) is 0 Å². The molecule has 37 heavy (non-hydrogen) atoms. The predicted molar refractivity (Wildman–Crippen MR) is 127 cm³/mol. The molecule has 1 aromatic carbocycles. The summed E-state index contributed by atoms with van der Waals surface area (Å²) in [6, 6.07) is 5.80. The molecule has 2 saturated heterocycles. The summed E-state index contributed by atoms with van der Waals surface area (Å²) in [7, 11) is 0. The smallest absolute Gasteiger partial charge is 0.351 e. The molecule has 1 spiro atoms. The Bertz CT molecular complexity index is 1050. The molecule has 200 valence electrons. The maximum Gasteiger partial charge on any atom is 0.426 e. The number of alkyl halides is 2. The molecule has 8 nitrogen and oxygen atoms in total. The highest BCUT2D eigenvalue weighted by molar-refractivity contribution is 5.86. The number of hydrogen-bond acceptors (Lipinski definition) is 6. The molecule has 0 radical (unpaired) electrons. The van der Waals surface area contributed by atoms with Gasteiger partial charge in [-0.25, -0.2) is 18.0 Å². The monoisotopic (exact) mass is 519 g/mol. The fraction of sp³-hybridized carbons (Fsp3) is 0.654. The third-order valence-electron chi connectivity index (χ3n) is 7.97. The van der Waals surface area contributed by atoms with Gasteiger partial charge in [-0.05, 0) is 69.3 Å². The van der Waals surface area contributed by atoms with E-state index in [1.165, 1.54) is 30.0 Å². The number of likely N-dealkylation sites (tertiary alicyclic amines) is 1. The van der Waals surface area contributed by atoms with Crippen molar-refractivity contribution >= 4 is 12.0 Å². The van der Waals surface area contributed by atoms with Gasteiger partial charge in [-0.15, -0.1) is 5.06 Å². The molecule has 0 aromatic heterocycles. The fourth-order valence-electron chi connectivity index (χ4n) is 5.37. The number of carbonyl (C=O) groups excluding carboxylic acids is 2. The lowest BCUT2D eigenvalue weighted by Crippen LogP contribution is -2.61. The molecule has 4 aliphatic rings. The first-order valence-corrected chi connectivity index (χ1v) is 12.9. The van der Waals surface area contributed by atoms with Gasteiger partial charge >= 0.3 is 6.09 Å². The van der Waals surface area contributed by atoms with Crippen LogP contribution in [0.1, 0.15) is 50.5 Å². The first-order chi connectivity index (χ1) is 17.6. The second-order valence-electron chi connectivity index (χ2n) is 11.2. The molecule has 2 aliphatic heterocycles. The van der Waals surface area contributed by atoms with E-state index in [0.717, 1.165) is 44.1 Å². The molecule has 2 N–H and O–H groups in total. The number of nitriles is 1. The molecule has 2 saturated carbocycles. The van der Waals surface area contributed by atoms with Gasteiger partial charge in [0.05, 0.1) is 6.07 Å². The number of amides is 2. The van der Waals surface area contributed by atoms with E-state index in [4.69, 9.17) is 4.84 Å². The van der Waals surface area contributed by atoms with Gasteiger partial charge in [0.1, 0.15) is 17.4 Å². The third-order valence-corrected chi connectivity index (χ3v) is 7.97. The second kappa shape index (κ2) is 9.80. The van der Waals surface area contributed by atoms with Crippen LogP contribution in [0.2, 0.25) is 0 Å². The molecular weight excluding hydrogens is 487 g/mol. The molecule has 4 fully saturated rings. The summed E-state index contributed by atoms with van der Waals surface area (Å²) in [6.07, 6.45) is 2.75. The molecule has 5 rings (SSSR count). The number of halogens is 3. The van der Waals surface area contributed by atoms with E-state index in [0.29, 0.717) is 25.9 Å². The van der Waals surface area contributed by atoms with E-state index >= 15 is 0 Å². The summed E-state index contributed by atoms with van der Waals surface area (Å²) < 4.78 is 43.0. The van der Waals surface area contributed by atoms with Crippen LogP contribution in [-0.2, 0) is 16.1 Å². The van der Waals surface area contributed by atoms with Gasteiger partial charge in [0, 0.05) is 37.4 Å². The minimum Gasteiger partial charge on any atom is -0.351 e. The lowest BCUT2D eigenvalue weighted by atomic mass is 9.73. The number of hydrogen-bond donors (Lipinski definition) is 2. The normalized spacial score (nSPS) is 23.4. The van der Waals surface area contributed by atoms with Crippen LogP contribution in [0.5, 0.6) is 0 Å². The summed E-state index contributed by atoms with van der Waals surface area (Å²) >= 11 is 0. The average Bonchev–Trinajstić information content (AvgIpc) is 3.75. The second-order valence-corrected chi connectivity index (χ2v) is 11.2. The van der Waals surface area contributed by atoms with Gasteiger partial charge in [0.15, 0.2) is 0 Å². The van der Waals surface area contributed by atoms with Crippen LogP contribution < -0.4 is 10.6 Å². The standard InChI is InChI=1S/C26H32F3N5O3/c27-19-3-1-18(2-4-19)13-26(28,29)14-21(22(35)32-25(15-30)7-8-25)31-23(36)37-34-16-24(17-34)9-11-33(12-10-24)20-5-6-20/h1-4,20-21H,5-14,16-17H2,(H,31,36)(H,32,35)/t21-/m0/s1. The van der Waals surface area contributed by atoms with Gasteiger partial charge in [-0.2, -0.15) is 5.26 Å². The highest BCUT2D eigenvalue weighted by atomic mass is 19.3. The third kappa shape index (κ3) is 6.36. The molecule has 2 aliphatic carbocycles. The van der Waals surface area contributed by atoms with Crippen LogP contribution >= 0.6 is 0 Å². The Morgan fingerprint density at radius 3 is 2.35 bits per heavy atom. The van der Waals surface area contributed by atoms with E-state index in [2.05, 4.69) is 15.5 Å². The summed E-state index contributed by atoms with van der Waals surface area (Å²) in [6.45, 7) is 3.23. The maximum atomic E-state index is 14.9. The van der Waals surface area contributed by atoms with Gasteiger partial charge in [-0.1, -0.05) is 12.1 Å². The van der Waals surface area contributed by atoms with E-state index in [-0.39, 0.29) is 11.0 Å². The van der Waals surface area contributed by atoms with Crippen molar-refractivity contribution in [3.8, 4) is 6.07 Å². The van der Waals surface area contributed by atoms with Gasteiger partial charge in [0.2, 0.25) is 5.91 Å². The van der Waals surface area contributed by atoms with Crippen LogP contribution in [0.3, 0.4) is 0 Å². The highest BCUT2D eigenvalue weighted by Crippen LogP contribution is 2.43. The number of benzene rings is 1. The highest BCUT2D eigenvalue weighted by Gasteiger charge is 2.49. The minimum absolute atomic E-state index is 0.107. The number of hydroxylamine groups is 2. The molecule has 0 bridgehead atoms. The van der Waals surface area contributed by atoms with E-state index in [9.17, 15) is 28.0 Å². The zero-order chi connectivity index (χ0) is 26.3. The van der Waals surface area contributed by atoms with E-state index in [1.807, 2.05) is 6.07 Å². The van der Waals surface area contributed by atoms with Crippen LogP contribution in [-0.4, -0.2) is 71.7 Å². The largest absolute Gasteiger partial charge is 0.426 e. The quantitative estimate of drug-likeness (QED) is 0.520. The van der Waals surface area contributed by atoms with Gasteiger partial charge in [0.25, 0.3) is 5.92 Å². The minimum atomic E-state index is -3.38. The molecule has 11 heteroatoms. The van der Waals surface area contributed by atoms with Crippen molar-refractivity contribution < 1.29 is 27.6 Å². The first-order valence-electron chi connectivity index (χ1n) is 12.9. The number of piperidine rings is 1. The summed E-state index contributed by atoms with van der Waals surface area (Å²) in [5.41, 5.74) is -0.773. The number of rotatable bonds is 9. The van der Waals surface area contributed by atoms with Crippen molar-refractivity contribution in [1.82, 2.24) is 20.6 Å². The SMILES string of the molecule is N#CC1(NC(=O)[C@H](CC(F)(F)Cc2ccc(F)cc2)NC(=O)ON2CC3(CCN(C4CC4)CC3)C2)CC1. The Kier molecular flexibility index (Phi) is 6.83. The van der Waals surface area contributed by atoms with Gasteiger partial charge in [-0.3, -0.25) is 4.79 Å². The van der Waals surface area contributed by atoms with E-state index in [1.54, 1.807) is 0 Å². The van der Waals surface area contributed by atoms with Crippen LogP contribution in [0.4, 0.5) is 18.0 Å². The topological polar surface area (TPSA) is 97.7 Å². The summed E-state index contributed by atoms with van der Waals surface area (Å²) in [5, 5.41) is 15.6. The van der Waals surface area contributed by atoms with Crippen LogP contribution in [0.25, 0.3) is 0 Å². The number of nitrogens with zero attached hydrogens (tertiary/aromatic N) is 3.